The van der Waals surface area contributed by atoms with Crippen LogP contribution in [-0.4, -0.2) is 38.2 Å². The number of anilines is 1. The third kappa shape index (κ3) is 2.37. The Balaban J connectivity index is 2.37. The van der Waals surface area contributed by atoms with Crippen LogP contribution in [0.15, 0.2) is 22.2 Å². The second kappa shape index (κ2) is 4.86. The van der Waals surface area contributed by atoms with Gasteiger partial charge in [0.25, 0.3) is 0 Å². The molecule has 19 heavy (non-hydrogen) atoms. The molecule has 1 unspecified atom stereocenters. The number of ether oxygens (including phenoxy) is 1. The average molecular weight is 268 g/mol. The van der Waals surface area contributed by atoms with E-state index in [1.807, 2.05) is 0 Å². The van der Waals surface area contributed by atoms with Gasteiger partial charge in [0, 0.05) is 17.5 Å². The Hall–Kier alpha value is -2.13. The van der Waals surface area contributed by atoms with E-state index in [4.69, 9.17) is 16.0 Å². The molecular formula is C9H12N6O4. The van der Waals surface area contributed by atoms with Crippen LogP contribution in [-0.2, 0) is 4.74 Å². The van der Waals surface area contributed by atoms with Crippen LogP contribution in [0.5, 0.6) is 0 Å². The molecule has 0 aliphatic carbocycles. The molecule has 1 aromatic heterocycles. The number of hydrogen-bond acceptors (Lipinski definition) is 7. The fourth-order valence-corrected chi connectivity index (χ4v) is 1.92. The third-order valence-corrected chi connectivity index (χ3v) is 2.80. The molecule has 1 fully saturated rings. The van der Waals surface area contributed by atoms with E-state index in [2.05, 4.69) is 15.0 Å². The summed E-state index contributed by atoms with van der Waals surface area (Å²) in [6.07, 6.45) is -1.05. The molecule has 1 aliphatic heterocycles. The lowest BCUT2D eigenvalue weighted by atomic mass is 10.1. The second-order valence-electron chi connectivity index (χ2n) is 4.12. The Morgan fingerprint density at radius 3 is 3.11 bits per heavy atom. The first kappa shape index (κ1) is 13.3. The number of nitrogens with zero attached hydrogens (tertiary/aromatic N) is 5. The van der Waals surface area contributed by atoms with E-state index in [0.717, 1.165) is 4.57 Å². The average Bonchev–Trinajstić information content (AvgIpc) is 2.68. The van der Waals surface area contributed by atoms with E-state index in [9.17, 15) is 15.0 Å². The number of hydrogen-bond donors (Lipinski definition) is 3. The zero-order valence-corrected chi connectivity index (χ0v) is 9.75. The molecular weight excluding hydrogens is 256 g/mol. The van der Waals surface area contributed by atoms with E-state index >= 15 is 0 Å². The predicted octanol–water partition coefficient (Wildman–Crippen LogP) is -0.896. The largest absolute Gasteiger partial charge is 0.393 e. The monoisotopic (exact) mass is 268 g/mol. The van der Waals surface area contributed by atoms with Crippen LogP contribution in [0.1, 0.15) is 12.6 Å². The van der Waals surface area contributed by atoms with Crippen molar-refractivity contribution in [2.24, 2.45) is 5.11 Å². The van der Waals surface area contributed by atoms with Gasteiger partial charge in [0.05, 0.1) is 6.61 Å². The van der Waals surface area contributed by atoms with Crippen molar-refractivity contribution in [2.75, 3.05) is 12.3 Å². The topological polar surface area (TPSA) is 159 Å². The first-order chi connectivity index (χ1) is 9.01. The smallest absolute Gasteiger partial charge is 0.351 e. The lowest BCUT2D eigenvalue weighted by Crippen LogP contribution is -2.33. The summed E-state index contributed by atoms with van der Waals surface area (Å²) in [7, 11) is 0. The Morgan fingerprint density at radius 2 is 2.53 bits per heavy atom. The maximum atomic E-state index is 11.6. The minimum Gasteiger partial charge on any atom is -0.393 e. The van der Waals surface area contributed by atoms with Crippen molar-refractivity contribution in [3.63, 3.8) is 0 Å². The fourth-order valence-electron chi connectivity index (χ4n) is 1.92. The van der Waals surface area contributed by atoms with Crippen LogP contribution in [0.4, 0.5) is 5.82 Å². The predicted molar refractivity (Wildman–Crippen MR) is 62.6 cm³/mol. The summed E-state index contributed by atoms with van der Waals surface area (Å²) in [6, 6.07) is 1.37. The minimum atomic E-state index is -1.58. The first-order valence-corrected chi connectivity index (χ1v) is 5.39. The first-order valence-electron chi connectivity index (χ1n) is 5.39. The van der Waals surface area contributed by atoms with Crippen LogP contribution in [0.25, 0.3) is 10.4 Å². The molecule has 102 valence electrons. The quantitative estimate of drug-likeness (QED) is 0.366. The molecule has 1 aliphatic rings. The molecule has 0 spiro atoms. The zero-order chi connectivity index (χ0) is 14.0. The number of aliphatic hydroxyl groups excluding tert-OH is 2. The van der Waals surface area contributed by atoms with Crippen LogP contribution in [0.3, 0.4) is 0 Å². The highest BCUT2D eigenvalue weighted by Crippen LogP contribution is 2.37. The molecule has 2 rings (SSSR count). The van der Waals surface area contributed by atoms with Crippen LogP contribution < -0.4 is 11.4 Å². The Kier molecular flexibility index (Phi) is 3.40. The zero-order valence-electron chi connectivity index (χ0n) is 9.75. The summed E-state index contributed by atoms with van der Waals surface area (Å²) in [4.78, 5) is 17.7. The van der Waals surface area contributed by atoms with Crippen LogP contribution in [0, 0.1) is 0 Å². The molecule has 10 nitrogen and oxygen atoms in total. The number of rotatable bonds is 3. The highest BCUT2D eigenvalue weighted by atomic mass is 16.6. The highest BCUT2D eigenvalue weighted by Gasteiger charge is 2.46. The summed E-state index contributed by atoms with van der Waals surface area (Å²) in [5.74, 6) is 0.0391. The minimum absolute atomic E-state index is 0.0391. The Morgan fingerprint density at radius 1 is 1.79 bits per heavy atom. The lowest BCUT2D eigenvalue weighted by Gasteiger charge is -2.21. The summed E-state index contributed by atoms with van der Waals surface area (Å²) in [6.45, 7) is -0.609. The van der Waals surface area contributed by atoms with Gasteiger partial charge in [-0.25, -0.2) is 4.79 Å². The van der Waals surface area contributed by atoms with Gasteiger partial charge in [-0.05, 0) is 11.6 Å². The van der Waals surface area contributed by atoms with Crippen molar-refractivity contribution in [3.8, 4) is 0 Å². The molecule has 1 aromatic rings. The van der Waals surface area contributed by atoms with Gasteiger partial charge < -0.3 is 20.7 Å². The van der Waals surface area contributed by atoms with Crippen molar-refractivity contribution in [1.82, 2.24) is 9.55 Å². The molecule has 3 atom stereocenters. The molecule has 1 saturated heterocycles. The van der Waals surface area contributed by atoms with E-state index in [-0.39, 0.29) is 12.2 Å². The Labute approximate surface area is 106 Å². The highest BCUT2D eigenvalue weighted by molar-refractivity contribution is 5.23. The van der Waals surface area contributed by atoms with Crippen LogP contribution >= 0.6 is 0 Å². The maximum Gasteiger partial charge on any atom is 0.351 e. The summed E-state index contributed by atoms with van der Waals surface area (Å²) in [5, 5.41) is 22.4. The van der Waals surface area contributed by atoms with Crippen LogP contribution in [0.2, 0.25) is 0 Å². The SMILES string of the molecule is [N-]=[N+]=N[C@@]1(CO)C[C@@H](O)C(n2ccc(N)nc2=O)O1. The molecule has 0 aromatic carbocycles. The summed E-state index contributed by atoms with van der Waals surface area (Å²) in [5.41, 5.74) is 11.5. The summed E-state index contributed by atoms with van der Waals surface area (Å²) >= 11 is 0. The van der Waals surface area contributed by atoms with E-state index in [1.165, 1.54) is 12.3 Å². The molecule has 0 amide bonds. The van der Waals surface area contributed by atoms with E-state index < -0.39 is 30.4 Å². The molecule has 0 saturated carbocycles. The second-order valence-corrected chi connectivity index (χ2v) is 4.12. The number of aromatic nitrogens is 2. The van der Waals surface area contributed by atoms with Gasteiger partial charge in [-0.15, -0.1) is 0 Å². The van der Waals surface area contributed by atoms with E-state index in [1.54, 1.807) is 0 Å². The van der Waals surface area contributed by atoms with Gasteiger partial charge >= 0.3 is 5.69 Å². The molecule has 0 radical (unpaired) electrons. The number of nitrogens with two attached hydrogens (primary N) is 1. The third-order valence-electron chi connectivity index (χ3n) is 2.80. The van der Waals surface area contributed by atoms with Gasteiger partial charge in [-0.3, -0.25) is 4.57 Å². The van der Waals surface area contributed by atoms with Gasteiger partial charge in [-0.2, -0.15) is 4.98 Å². The number of nitrogen functional groups attached to an aromatic ring is 1. The van der Waals surface area contributed by atoms with Gasteiger partial charge in [0.15, 0.2) is 12.0 Å². The van der Waals surface area contributed by atoms with Gasteiger partial charge in [0.1, 0.15) is 11.9 Å². The lowest BCUT2D eigenvalue weighted by molar-refractivity contribution is -0.107. The van der Waals surface area contributed by atoms with Crippen molar-refractivity contribution < 1.29 is 14.9 Å². The molecule has 0 bridgehead atoms. The normalized spacial score (nSPS) is 30.0. The summed E-state index contributed by atoms with van der Waals surface area (Å²) < 4.78 is 6.34. The standard InChI is InChI=1S/C9H12N6O4/c10-6-1-2-15(8(18)12-6)7-5(17)3-9(4-16,19-7)13-14-11/h1-2,5,7,16-17H,3-4H2,(H2,10,12,18)/t5-,7?,9+/m1/s1. The molecule has 2 heterocycles. The van der Waals surface area contributed by atoms with Crippen molar-refractivity contribution >= 4 is 5.82 Å². The molecule has 10 heteroatoms. The van der Waals surface area contributed by atoms with Crippen molar-refractivity contribution in [2.45, 2.75) is 24.5 Å². The van der Waals surface area contributed by atoms with Crippen molar-refractivity contribution in [1.29, 1.82) is 0 Å². The van der Waals surface area contributed by atoms with E-state index in [0.29, 0.717) is 0 Å². The number of azide groups is 1. The van der Waals surface area contributed by atoms with Gasteiger partial charge in [0.2, 0.25) is 0 Å². The Bertz CT molecular complexity index is 582. The van der Waals surface area contributed by atoms with Gasteiger partial charge in [-0.1, -0.05) is 5.11 Å². The number of aliphatic hydroxyl groups is 2. The maximum absolute atomic E-state index is 11.6. The molecule has 4 N–H and O–H groups in total. The fraction of sp³-hybridized carbons (Fsp3) is 0.556. The van der Waals surface area contributed by atoms with Crippen molar-refractivity contribution in [3.05, 3.63) is 33.2 Å².